The molecule has 0 saturated heterocycles. The largest absolute Gasteiger partial charge is 0.493 e. The van der Waals surface area contributed by atoms with E-state index in [4.69, 9.17) is 14.9 Å². The Bertz CT molecular complexity index is 1320. The molecule has 11 heteroatoms. The van der Waals surface area contributed by atoms with Crippen molar-refractivity contribution in [1.29, 1.82) is 5.41 Å². The second-order valence-electron chi connectivity index (χ2n) is 6.97. The molecule has 2 aromatic rings. The lowest BCUT2D eigenvalue weighted by Gasteiger charge is -2.20. The van der Waals surface area contributed by atoms with Crippen LogP contribution in [0, 0.1) is 5.41 Å². The summed E-state index contributed by atoms with van der Waals surface area (Å²) in [7, 11) is -2.07. The van der Waals surface area contributed by atoms with Crippen molar-refractivity contribution in [2.75, 3.05) is 12.9 Å². The van der Waals surface area contributed by atoms with Crippen molar-refractivity contribution >= 4 is 49.0 Å². The first-order chi connectivity index (χ1) is 15.8. The molecule has 33 heavy (non-hydrogen) atoms. The average Bonchev–Trinajstić information content (AvgIpc) is 3.26. The van der Waals surface area contributed by atoms with Gasteiger partial charge in [0.15, 0.2) is 17.3 Å². The molecule has 2 aliphatic rings. The Hall–Kier alpha value is -3.44. The number of nitrogens with one attached hydrogen (secondary N) is 1. The quantitative estimate of drug-likeness (QED) is 0.625. The molecule has 0 aliphatic carbocycles. The molecule has 0 atom stereocenters. The standard InChI is InChI=1S/C22H20N4O5S2/c1-3-33(28,29)22-25-26-19(23)16(20(27)24-21(26)32-22)11-15-9-10-17(18(12-15)30-2)31-13-14-7-5-4-6-8-14/h4-12,23H,3,13H2,1-2H3/b16-11+,23-19?. The van der Waals surface area contributed by atoms with Crippen LogP contribution in [0.1, 0.15) is 18.1 Å². The molecule has 170 valence electrons. The first-order valence-electron chi connectivity index (χ1n) is 9.90. The topological polar surface area (TPSA) is 121 Å². The lowest BCUT2D eigenvalue weighted by molar-refractivity contribution is -0.114. The highest BCUT2D eigenvalue weighted by molar-refractivity contribution is 8.42. The first-order valence-corrected chi connectivity index (χ1v) is 12.4. The van der Waals surface area contributed by atoms with Crippen LogP contribution in [0.2, 0.25) is 0 Å². The van der Waals surface area contributed by atoms with E-state index >= 15 is 0 Å². The Balaban J connectivity index is 1.58. The summed E-state index contributed by atoms with van der Waals surface area (Å²) in [4.78, 5) is 16.5. The van der Waals surface area contributed by atoms with E-state index in [-0.39, 0.29) is 26.7 Å². The molecule has 2 heterocycles. The summed E-state index contributed by atoms with van der Waals surface area (Å²) in [5, 5.41) is 13.5. The van der Waals surface area contributed by atoms with Gasteiger partial charge < -0.3 is 9.47 Å². The number of hydrazone groups is 1. The Kier molecular flexibility index (Phi) is 6.34. The maximum absolute atomic E-state index is 12.6. The molecule has 0 saturated carbocycles. The van der Waals surface area contributed by atoms with Crippen LogP contribution in [0.15, 0.2) is 64.2 Å². The lowest BCUT2D eigenvalue weighted by atomic mass is 10.1. The maximum Gasteiger partial charge on any atom is 0.283 e. The summed E-state index contributed by atoms with van der Waals surface area (Å²) in [5.74, 6) is -0.0358. The van der Waals surface area contributed by atoms with Gasteiger partial charge in [-0.3, -0.25) is 10.2 Å². The van der Waals surface area contributed by atoms with Crippen LogP contribution >= 0.6 is 11.8 Å². The third-order valence-electron chi connectivity index (χ3n) is 4.82. The number of fused-ring (bicyclic) bond motifs is 1. The van der Waals surface area contributed by atoms with Gasteiger partial charge in [-0.1, -0.05) is 43.3 Å². The predicted molar refractivity (Wildman–Crippen MR) is 128 cm³/mol. The van der Waals surface area contributed by atoms with Gasteiger partial charge in [0.25, 0.3) is 5.91 Å². The summed E-state index contributed by atoms with van der Waals surface area (Å²) in [6.45, 7) is 1.87. The van der Waals surface area contributed by atoms with Crippen molar-refractivity contribution in [3.05, 3.63) is 65.2 Å². The molecule has 2 aliphatic heterocycles. The van der Waals surface area contributed by atoms with Gasteiger partial charge in [0.05, 0.1) is 18.4 Å². The zero-order valence-corrected chi connectivity index (χ0v) is 19.4. The number of thioether (sulfide) groups is 1. The highest BCUT2D eigenvalue weighted by Crippen LogP contribution is 2.32. The average molecular weight is 485 g/mol. The molecular formula is C22H20N4O5S2. The van der Waals surface area contributed by atoms with Gasteiger partial charge in [-0.2, -0.15) is 10.0 Å². The second kappa shape index (κ2) is 9.20. The molecule has 0 aromatic heterocycles. The van der Waals surface area contributed by atoms with E-state index in [2.05, 4.69) is 10.1 Å². The highest BCUT2D eigenvalue weighted by Gasteiger charge is 2.39. The molecule has 2 aromatic carbocycles. The molecule has 9 nitrogen and oxygen atoms in total. The van der Waals surface area contributed by atoms with E-state index < -0.39 is 15.7 Å². The van der Waals surface area contributed by atoms with Crippen LogP contribution < -0.4 is 9.47 Å². The number of amidine groups is 2. The Labute approximate surface area is 195 Å². The molecule has 1 amide bonds. The van der Waals surface area contributed by atoms with Crippen molar-refractivity contribution in [1.82, 2.24) is 5.01 Å². The van der Waals surface area contributed by atoms with Gasteiger partial charge in [-0.05, 0) is 41.1 Å². The van der Waals surface area contributed by atoms with E-state index in [9.17, 15) is 13.2 Å². The number of nitrogens with zero attached hydrogens (tertiary/aromatic N) is 3. The van der Waals surface area contributed by atoms with Crippen molar-refractivity contribution in [3.8, 4) is 11.5 Å². The van der Waals surface area contributed by atoms with E-state index in [0.717, 1.165) is 22.3 Å². The monoisotopic (exact) mass is 484 g/mol. The fourth-order valence-electron chi connectivity index (χ4n) is 3.02. The number of amides is 1. The van der Waals surface area contributed by atoms with Crippen LogP contribution in [0.4, 0.5) is 0 Å². The maximum atomic E-state index is 12.6. The van der Waals surface area contributed by atoms with Gasteiger partial charge in [0, 0.05) is 0 Å². The van der Waals surface area contributed by atoms with Crippen molar-refractivity contribution in [2.45, 2.75) is 13.5 Å². The number of carbonyl (C=O) groups is 1. The summed E-state index contributed by atoms with van der Waals surface area (Å²) in [6, 6.07) is 14.8. The smallest absolute Gasteiger partial charge is 0.283 e. The van der Waals surface area contributed by atoms with Crippen molar-refractivity contribution < 1.29 is 22.7 Å². The molecule has 0 unspecified atom stereocenters. The number of aliphatic imine (C=N–C) groups is 1. The lowest BCUT2D eigenvalue weighted by Crippen LogP contribution is -2.35. The minimum Gasteiger partial charge on any atom is -0.493 e. The number of sulfone groups is 1. The third kappa shape index (κ3) is 4.69. The highest BCUT2D eigenvalue weighted by atomic mass is 32.3. The fraction of sp³-hybridized carbons (Fsp3) is 0.182. The molecule has 0 bridgehead atoms. The molecule has 1 N–H and O–H groups in total. The van der Waals surface area contributed by atoms with Crippen LogP contribution in [0.25, 0.3) is 6.08 Å². The predicted octanol–water partition coefficient (Wildman–Crippen LogP) is 3.29. The summed E-state index contributed by atoms with van der Waals surface area (Å²) in [6.07, 6.45) is 1.49. The zero-order valence-electron chi connectivity index (χ0n) is 17.8. The van der Waals surface area contributed by atoms with Gasteiger partial charge in [0.2, 0.25) is 19.4 Å². The van der Waals surface area contributed by atoms with Crippen LogP contribution in [-0.4, -0.2) is 47.6 Å². The zero-order chi connectivity index (χ0) is 23.6. The van der Waals surface area contributed by atoms with Crippen LogP contribution in [0.5, 0.6) is 11.5 Å². The SMILES string of the molecule is CCS(=O)(=O)C1=NN2C(=N)/C(=C\c3ccc(OCc4ccccc4)c(OC)c3)C(=O)N=C2S1. The second-order valence-corrected chi connectivity index (χ2v) is 10.4. The minimum absolute atomic E-state index is 0.0155. The van der Waals surface area contributed by atoms with E-state index in [1.807, 2.05) is 30.3 Å². The van der Waals surface area contributed by atoms with Crippen LogP contribution in [-0.2, 0) is 21.2 Å². The first kappa shape index (κ1) is 22.7. The summed E-state index contributed by atoms with van der Waals surface area (Å²) in [5.41, 5.74) is 1.58. The molecule has 0 spiro atoms. The van der Waals surface area contributed by atoms with E-state index in [0.29, 0.717) is 23.7 Å². The van der Waals surface area contributed by atoms with E-state index in [1.165, 1.54) is 20.1 Å². The minimum atomic E-state index is -3.58. The summed E-state index contributed by atoms with van der Waals surface area (Å²) >= 11 is 0.766. The van der Waals surface area contributed by atoms with Gasteiger partial charge in [0.1, 0.15) is 6.61 Å². The molecule has 0 radical (unpaired) electrons. The number of methoxy groups -OCH3 is 1. The number of hydrogen-bond donors (Lipinski definition) is 1. The number of ether oxygens (including phenoxy) is 2. The number of hydrogen-bond acceptors (Lipinski definition) is 8. The van der Waals surface area contributed by atoms with Crippen LogP contribution in [0.3, 0.4) is 0 Å². The molecular weight excluding hydrogens is 464 g/mol. The van der Waals surface area contributed by atoms with Gasteiger partial charge in [-0.25, -0.2) is 8.42 Å². The Morgan fingerprint density at radius 2 is 1.91 bits per heavy atom. The van der Waals surface area contributed by atoms with Crippen molar-refractivity contribution in [3.63, 3.8) is 0 Å². The number of carbonyl (C=O) groups excluding carboxylic acids is 1. The van der Waals surface area contributed by atoms with Crippen molar-refractivity contribution in [2.24, 2.45) is 10.1 Å². The van der Waals surface area contributed by atoms with Gasteiger partial charge >= 0.3 is 0 Å². The summed E-state index contributed by atoms with van der Waals surface area (Å²) < 4.78 is 35.3. The van der Waals surface area contributed by atoms with E-state index in [1.54, 1.807) is 18.2 Å². The molecule has 4 rings (SSSR count). The fourth-order valence-corrected chi connectivity index (χ4v) is 5.18. The Morgan fingerprint density at radius 1 is 1.15 bits per heavy atom. The third-order valence-corrected chi connectivity index (χ3v) is 7.91. The number of rotatable bonds is 6. The normalized spacial score (nSPS) is 17.0. The Morgan fingerprint density at radius 3 is 2.61 bits per heavy atom. The molecule has 0 fully saturated rings. The number of benzene rings is 2. The van der Waals surface area contributed by atoms with Gasteiger partial charge in [-0.15, -0.1) is 5.10 Å².